The molecule has 0 fully saturated rings. The molecule has 0 saturated heterocycles. The Bertz CT molecular complexity index is 509. The van der Waals surface area contributed by atoms with Gasteiger partial charge < -0.3 is 9.67 Å². The van der Waals surface area contributed by atoms with Crippen LogP contribution in [0.4, 0.5) is 0 Å². The van der Waals surface area contributed by atoms with Gasteiger partial charge in [0.15, 0.2) is 5.03 Å². The monoisotopic (exact) mass is 275 g/mol. The molecule has 0 aliphatic carbocycles. The van der Waals surface area contributed by atoms with Crippen molar-refractivity contribution in [2.45, 2.75) is 31.8 Å². The molecule has 0 aliphatic heterocycles. The molecule has 0 bridgehead atoms. The Kier molecular flexibility index (Phi) is 4.85. The van der Waals surface area contributed by atoms with E-state index in [9.17, 15) is 13.2 Å². The second-order valence-electron chi connectivity index (χ2n) is 4.10. The molecule has 0 saturated carbocycles. The van der Waals surface area contributed by atoms with Crippen molar-refractivity contribution in [2.75, 3.05) is 6.54 Å². The van der Waals surface area contributed by atoms with Crippen molar-refractivity contribution in [1.29, 1.82) is 0 Å². The Balaban J connectivity index is 2.62. The number of nitrogens with zero attached hydrogens (tertiary/aromatic N) is 2. The molecular formula is C10H17N3O4S. The number of imidazole rings is 1. The predicted octanol–water partition coefficient (Wildman–Crippen LogP) is 0.292. The maximum atomic E-state index is 11.8. The van der Waals surface area contributed by atoms with E-state index < -0.39 is 16.0 Å². The third-order valence-electron chi connectivity index (χ3n) is 2.39. The van der Waals surface area contributed by atoms with E-state index in [1.54, 1.807) is 11.5 Å². The molecule has 0 radical (unpaired) electrons. The number of carboxylic acids is 1. The van der Waals surface area contributed by atoms with Crippen LogP contribution in [0.15, 0.2) is 17.6 Å². The van der Waals surface area contributed by atoms with Gasteiger partial charge in [-0.25, -0.2) is 18.1 Å². The molecule has 0 amide bonds. The second-order valence-corrected chi connectivity index (χ2v) is 5.81. The van der Waals surface area contributed by atoms with Crippen LogP contribution in [-0.4, -0.2) is 35.6 Å². The SMILES string of the molecule is CCn1cnc(S(=O)(=O)NCC(C)CC(=O)O)c1. The van der Waals surface area contributed by atoms with E-state index in [1.807, 2.05) is 6.92 Å². The first-order chi connectivity index (χ1) is 8.35. The molecule has 1 heterocycles. The lowest BCUT2D eigenvalue weighted by Gasteiger charge is -2.09. The number of carbonyl (C=O) groups is 1. The summed E-state index contributed by atoms with van der Waals surface area (Å²) in [6, 6.07) is 0. The zero-order valence-electron chi connectivity index (χ0n) is 10.3. The van der Waals surface area contributed by atoms with Gasteiger partial charge in [0.05, 0.1) is 6.33 Å². The lowest BCUT2D eigenvalue weighted by Crippen LogP contribution is -2.29. The Morgan fingerprint density at radius 2 is 2.28 bits per heavy atom. The van der Waals surface area contributed by atoms with Crippen molar-refractivity contribution in [1.82, 2.24) is 14.3 Å². The molecule has 1 rings (SSSR count). The van der Waals surface area contributed by atoms with Crippen LogP contribution in [0.25, 0.3) is 0 Å². The molecule has 0 aromatic carbocycles. The largest absolute Gasteiger partial charge is 0.481 e. The van der Waals surface area contributed by atoms with Crippen LogP contribution in [0.5, 0.6) is 0 Å². The topological polar surface area (TPSA) is 101 Å². The Morgan fingerprint density at radius 1 is 1.61 bits per heavy atom. The average Bonchev–Trinajstić information content (AvgIpc) is 2.75. The summed E-state index contributed by atoms with van der Waals surface area (Å²) in [6.07, 6.45) is 2.80. The number of hydrogen-bond acceptors (Lipinski definition) is 4. The standard InChI is InChI=1S/C10H17N3O4S/c1-3-13-6-9(11-7-13)18(16,17)12-5-8(2)4-10(14)15/h6-8,12H,3-5H2,1-2H3,(H,14,15). The molecule has 1 aromatic heterocycles. The molecule has 102 valence electrons. The summed E-state index contributed by atoms with van der Waals surface area (Å²) >= 11 is 0. The van der Waals surface area contributed by atoms with Crippen molar-refractivity contribution in [3.63, 3.8) is 0 Å². The number of carboxylic acid groups (broad SMARTS) is 1. The highest BCUT2D eigenvalue weighted by Gasteiger charge is 2.18. The number of aliphatic carboxylic acids is 1. The molecular weight excluding hydrogens is 258 g/mol. The highest BCUT2D eigenvalue weighted by molar-refractivity contribution is 7.89. The van der Waals surface area contributed by atoms with Crippen LogP contribution >= 0.6 is 0 Å². The van der Waals surface area contributed by atoms with E-state index in [4.69, 9.17) is 5.11 Å². The van der Waals surface area contributed by atoms with Crippen LogP contribution < -0.4 is 4.72 Å². The number of rotatable bonds is 7. The molecule has 18 heavy (non-hydrogen) atoms. The smallest absolute Gasteiger partial charge is 0.303 e. The summed E-state index contributed by atoms with van der Waals surface area (Å²) in [5.74, 6) is -1.22. The summed E-state index contributed by atoms with van der Waals surface area (Å²) < 4.78 is 27.6. The molecule has 0 spiro atoms. The van der Waals surface area contributed by atoms with Gasteiger partial charge in [-0.05, 0) is 12.8 Å². The molecule has 0 aliphatic rings. The Labute approximate surface area is 106 Å². The predicted molar refractivity (Wildman–Crippen MR) is 64.5 cm³/mol. The lowest BCUT2D eigenvalue weighted by atomic mass is 10.1. The Hall–Kier alpha value is -1.41. The number of nitrogens with one attached hydrogen (secondary N) is 1. The fourth-order valence-corrected chi connectivity index (χ4v) is 2.46. The van der Waals surface area contributed by atoms with Crippen LogP contribution in [0.1, 0.15) is 20.3 Å². The minimum absolute atomic E-state index is 0.0492. The summed E-state index contributed by atoms with van der Waals surface area (Å²) in [6.45, 7) is 4.26. The summed E-state index contributed by atoms with van der Waals surface area (Å²) in [7, 11) is -3.66. The van der Waals surface area contributed by atoms with Crippen molar-refractivity contribution < 1.29 is 18.3 Å². The molecule has 1 aromatic rings. The highest BCUT2D eigenvalue weighted by Crippen LogP contribution is 2.07. The first kappa shape index (κ1) is 14.7. The van der Waals surface area contributed by atoms with Crippen molar-refractivity contribution in [2.24, 2.45) is 5.92 Å². The first-order valence-corrected chi connectivity index (χ1v) is 7.06. The lowest BCUT2D eigenvalue weighted by molar-refractivity contribution is -0.137. The van der Waals surface area contributed by atoms with Crippen LogP contribution in [0.3, 0.4) is 0 Å². The quantitative estimate of drug-likeness (QED) is 0.745. The minimum Gasteiger partial charge on any atom is -0.481 e. The Morgan fingerprint density at radius 3 is 2.78 bits per heavy atom. The van der Waals surface area contributed by atoms with E-state index in [2.05, 4.69) is 9.71 Å². The molecule has 2 N–H and O–H groups in total. The van der Waals surface area contributed by atoms with Crippen LogP contribution in [0.2, 0.25) is 0 Å². The van der Waals surface area contributed by atoms with E-state index in [1.165, 1.54) is 12.5 Å². The zero-order chi connectivity index (χ0) is 13.8. The number of hydrogen-bond donors (Lipinski definition) is 2. The third kappa shape index (κ3) is 4.11. The van der Waals surface area contributed by atoms with Crippen LogP contribution in [-0.2, 0) is 21.4 Å². The molecule has 8 heteroatoms. The van der Waals surface area contributed by atoms with Gasteiger partial charge in [-0.3, -0.25) is 4.79 Å². The normalized spacial score (nSPS) is 13.4. The number of aromatic nitrogens is 2. The fourth-order valence-electron chi connectivity index (χ4n) is 1.35. The van der Waals surface area contributed by atoms with Crippen LogP contribution in [0, 0.1) is 5.92 Å². The van der Waals surface area contributed by atoms with Gasteiger partial charge in [-0.2, -0.15) is 0 Å². The minimum atomic E-state index is -3.66. The van der Waals surface area contributed by atoms with Crippen molar-refractivity contribution in [3.05, 3.63) is 12.5 Å². The highest BCUT2D eigenvalue weighted by atomic mass is 32.2. The van der Waals surface area contributed by atoms with Gasteiger partial charge in [0.2, 0.25) is 0 Å². The molecule has 1 unspecified atom stereocenters. The van der Waals surface area contributed by atoms with Gasteiger partial charge >= 0.3 is 5.97 Å². The van der Waals surface area contributed by atoms with Gasteiger partial charge in [-0.1, -0.05) is 6.92 Å². The maximum absolute atomic E-state index is 11.8. The van der Waals surface area contributed by atoms with Crippen molar-refractivity contribution >= 4 is 16.0 Å². The van der Waals surface area contributed by atoms with Crippen molar-refractivity contribution in [3.8, 4) is 0 Å². The summed E-state index contributed by atoms with van der Waals surface area (Å²) in [4.78, 5) is 14.2. The molecule has 1 atom stereocenters. The fraction of sp³-hybridized carbons (Fsp3) is 0.600. The van der Waals surface area contributed by atoms with E-state index in [-0.39, 0.29) is 23.9 Å². The number of aryl methyl sites for hydroxylation is 1. The first-order valence-electron chi connectivity index (χ1n) is 5.58. The van der Waals surface area contributed by atoms with Gasteiger partial charge in [0.25, 0.3) is 10.0 Å². The summed E-state index contributed by atoms with van der Waals surface area (Å²) in [5, 5.41) is 8.52. The van der Waals surface area contributed by atoms with Gasteiger partial charge in [-0.15, -0.1) is 0 Å². The van der Waals surface area contributed by atoms with Gasteiger partial charge in [0, 0.05) is 25.7 Å². The maximum Gasteiger partial charge on any atom is 0.303 e. The second kappa shape index (κ2) is 5.96. The third-order valence-corrected chi connectivity index (χ3v) is 3.70. The van der Waals surface area contributed by atoms with E-state index in [0.717, 1.165) is 0 Å². The zero-order valence-corrected chi connectivity index (χ0v) is 11.1. The summed E-state index contributed by atoms with van der Waals surface area (Å²) in [5.41, 5.74) is 0. The van der Waals surface area contributed by atoms with E-state index >= 15 is 0 Å². The van der Waals surface area contributed by atoms with E-state index in [0.29, 0.717) is 6.54 Å². The van der Waals surface area contributed by atoms with Gasteiger partial charge in [0.1, 0.15) is 0 Å². The number of sulfonamides is 1. The molecule has 7 nitrogen and oxygen atoms in total. The average molecular weight is 275 g/mol.